The molecule has 0 bridgehead atoms. The van der Waals surface area contributed by atoms with E-state index in [9.17, 15) is 4.79 Å². The first-order chi connectivity index (χ1) is 13.1. The number of ether oxygens (including phenoxy) is 1. The zero-order chi connectivity index (χ0) is 18.9. The summed E-state index contributed by atoms with van der Waals surface area (Å²) in [6.45, 7) is 5.48. The van der Waals surface area contributed by atoms with E-state index in [1.807, 2.05) is 23.2 Å². The van der Waals surface area contributed by atoms with Crippen LogP contribution in [-0.4, -0.2) is 29.1 Å². The molecule has 1 saturated heterocycles. The van der Waals surface area contributed by atoms with Crippen LogP contribution in [0.3, 0.4) is 0 Å². The van der Waals surface area contributed by atoms with Crippen LogP contribution in [0.15, 0.2) is 36.5 Å². The van der Waals surface area contributed by atoms with E-state index in [-0.39, 0.29) is 6.09 Å². The van der Waals surface area contributed by atoms with Gasteiger partial charge >= 0.3 is 6.09 Å². The number of amides is 1. The molecule has 1 atom stereocenters. The number of nitrogens with zero attached hydrogens (tertiary/aromatic N) is 2. The molecule has 4 nitrogen and oxygen atoms in total. The molecule has 1 aliphatic heterocycles. The van der Waals surface area contributed by atoms with E-state index in [0.717, 1.165) is 54.6 Å². The summed E-state index contributed by atoms with van der Waals surface area (Å²) in [7, 11) is 0. The SMILES string of the molecule is CCCN1CC2(CCCc3ncc(C#Cc4cccc(C)c4)cc32)OC1=O. The Morgan fingerprint density at radius 2 is 2.11 bits per heavy atom. The molecule has 2 aromatic rings. The molecule has 0 radical (unpaired) electrons. The Hall–Kier alpha value is -2.80. The maximum absolute atomic E-state index is 12.3. The molecule has 0 saturated carbocycles. The van der Waals surface area contributed by atoms with Gasteiger partial charge in [-0.05, 0) is 56.4 Å². The van der Waals surface area contributed by atoms with Crippen molar-refractivity contribution in [3.8, 4) is 11.8 Å². The molecule has 1 unspecified atom stereocenters. The summed E-state index contributed by atoms with van der Waals surface area (Å²) < 4.78 is 5.91. The third kappa shape index (κ3) is 3.42. The van der Waals surface area contributed by atoms with Gasteiger partial charge in [-0.3, -0.25) is 4.98 Å². The van der Waals surface area contributed by atoms with Crippen LogP contribution < -0.4 is 0 Å². The quantitative estimate of drug-likeness (QED) is 0.755. The Morgan fingerprint density at radius 3 is 2.93 bits per heavy atom. The molecule has 2 aliphatic rings. The fourth-order valence-electron chi connectivity index (χ4n) is 4.05. The predicted octanol–water partition coefficient (Wildman–Crippen LogP) is 4.18. The normalized spacial score (nSPS) is 20.8. The van der Waals surface area contributed by atoms with Gasteiger partial charge in [0.25, 0.3) is 0 Å². The molecular weight excluding hydrogens is 336 g/mol. The van der Waals surface area contributed by atoms with Gasteiger partial charge in [-0.1, -0.05) is 30.9 Å². The van der Waals surface area contributed by atoms with Crippen LogP contribution in [0, 0.1) is 18.8 Å². The third-order valence-corrected chi connectivity index (χ3v) is 5.31. The topological polar surface area (TPSA) is 42.4 Å². The summed E-state index contributed by atoms with van der Waals surface area (Å²) in [4.78, 5) is 18.8. The molecule has 27 heavy (non-hydrogen) atoms. The van der Waals surface area contributed by atoms with Crippen LogP contribution in [0.4, 0.5) is 4.79 Å². The van der Waals surface area contributed by atoms with Crippen molar-refractivity contribution in [2.45, 2.75) is 45.1 Å². The van der Waals surface area contributed by atoms with E-state index >= 15 is 0 Å². The van der Waals surface area contributed by atoms with Gasteiger partial charge in [0.2, 0.25) is 0 Å². The summed E-state index contributed by atoms with van der Waals surface area (Å²) in [5.41, 5.74) is 4.56. The molecule has 1 aromatic heterocycles. The standard InChI is InChI=1S/C23H24N2O2/c1-3-12-25-16-23(27-22(25)26)11-5-8-21-20(23)14-19(15-24-21)10-9-18-7-4-6-17(2)13-18/h4,6-7,13-15H,3,5,8,11-12,16H2,1-2H3. The van der Waals surface area contributed by atoms with Crippen molar-refractivity contribution in [3.63, 3.8) is 0 Å². The van der Waals surface area contributed by atoms with Crippen LogP contribution >= 0.6 is 0 Å². The highest BCUT2D eigenvalue weighted by molar-refractivity contribution is 5.71. The second kappa shape index (κ2) is 7.08. The van der Waals surface area contributed by atoms with Crippen molar-refractivity contribution < 1.29 is 9.53 Å². The second-order valence-electron chi connectivity index (χ2n) is 7.48. The Morgan fingerprint density at radius 1 is 1.26 bits per heavy atom. The van der Waals surface area contributed by atoms with Crippen molar-refractivity contribution in [1.82, 2.24) is 9.88 Å². The highest BCUT2D eigenvalue weighted by atomic mass is 16.6. The Labute approximate surface area is 160 Å². The van der Waals surface area contributed by atoms with Gasteiger partial charge in [0.1, 0.15) is 0 Å². The molecule has 4 rings (SSSR count). The highest BCUT2D eigenvalue weighted by Crippen LogP contribution is 2.42. The van der Waals surface area contributed by atoms with Crippen LogP contribution in [-0.2, 0) is 16.8 Å². The Bertz CT molecular complexity index is 941. The van der Waals surface area contributed by atoms with E-state index < -0.39 is 5.60 Å². The summed E-state index contributed by atoms with van der Waals surface area (Å²) >= 11 is 0. The first-order valence-electron chi connectivity index (χ1n) is 9.66. The highest BCUT2D eigenvalue weighted by Gasteiger charge is 2.48. The van der Waals surface area contributed by atoms with E-state index in [0.29, 0.717) is 6.54 Å². The lowest BCUT2D eigenvalue weighted by molar-refractivity contribution is 0.0389. The molecule has 1 fully saturated rings. The zero-order valence-electron chi connectivity index (χ0n) is 15.9. The van der Waals surface area contributed by atoms with E-state index in [1.54, 1.807) is 0 Å². The predicted molar refractivity (Wildman–Crippen MR) is 104 cm³/mol. The first-order valence-corrected chi connectivity index (χ1v) is 9.66. The van der Waals surface area contributed by atoms with Crippen molar-refractivity contribution >= 4 is 6.09 Å². The number of carbonyl (C=O) groups excluding carboxylic acids is 1. The average molecular weight is 360 g/mol. The fraction of sp³-hybridized carbons (Fsp3) is 0.391. The monoisotopic (exact) mass is 360 g/mol. The number of pyridine rings is 1. The minimum atomic E-state index is -0.562. The maximum atomic E-state index is 12.3. The minimum Gasteiger partial charge on any atom is -0.436 e. The lowest BCUT2D eigenvalue weighted by Gasteiger charge is -2.32. The van der Waals surface area contributed by atoms with Crippen molar-refractivity contribution in [1.29, 1.82) is 0 Å². The molecule has 0 N–H and O–H groups in total. The summed E-state index contributed by atoms with van der Waals surface area (Å²) in [5.74, 6) is 6.44. The van der Waals surface area contributed by atoms with Gasteiger partial charge in [0.05, 0.1) is 6.54 Å². The first kappa shape index (κ1) is 17.6. The average Bonchev–Trinajstić information content (AvgIpc) is 2.97. The smallest absolute Gasteiger partial charge is 0.410 e. The molecule has 138 valence electrons. The number of aryl methyl sites for hydroxylation is 2. The number of hydrogen-bond donors (Lipinski definition) is 0. The van der Waals surface area contributed by atoms with Crippen molar-refractivity contribution in [2.75, 3.05) is 13.1 Å². The molecule has 1 aromatic carbocycles. The van der Waals surface area contributed by atoms with Crippen LogP contribution in [0.25, 0.3) is 0 Å². The van der Waals surface area contributed by atoms with Gasteiger partial charge < -0.3 is 9.64 Å². The Balaban J connectivity index is 1.67. The zero-order valence-corrected chi connectivity index (χ0v) is 15.9. The lowest BCUT2D eigenvalue weighted by Crippen LogP contribution is -2.36. The Kier molecular flexibility index (Phi) is 4.61. The van der Waals surface area contributed by atoms with Crippen molar-refractivity contribution in [3.05, 3.63) is 64.5 Å². The maximum Gasteiger partial charge on any atom is 0.410 e. The number of hydrogen-bond acceptors (Lipinski definition) is 3. The minimum absolute atomic E-state index is 0.207. The van der Waals surface area contributed by atoms with Crippen LogP contribution in [0.1, 0.15) is 54.1 Å². The van der Waals surface area contributed by atoms with Crippen LogP contribution in [0.2, 0.25) is 0 Å². The number of rotatable bonds is 2. The van der Waals surface area contributed by atoms with E-state index in [1.165, 1.54) is 5.56 Å². The van der Waals surface area contributed by atoms with E-state index in [4.69, 9.17) is 4.74 Å². The molecular formula is C23H24N2O2. The molecule has 1 amide bonds. The molecule has 4 heteroatoms. The largest absolute Gasteiger partial charge is 0.436 e. The van der Waals surface area contributed by atoms with Gasteiger partial charge in [0.15, 0.2) is 5.60 Å². The van der Waals surface area contributed by atoms with Crippen LogP contribution in [0.5, 0.6) is 0 Å². The number of fused-ring (bicyclic) bond motifs is 2. The van der Waals surface area contributed by atoms with Gasteiger partial charge in [0, 0.05) is 35.1 Å². The summed E-state index contributed by atoms with van der Waals surface area (Å²) in [6, 6.07) is 10.2. The number of benzene rings is 1. The van der Waals surface area contributed by atoms with Gasteiger partial charge in [-0.25, -0.2) is 4.79 Å². The third-order valence-electron chi connectivity index (χ3n) is 5.31. The summed E-state index contributed by atoms with van der Waals surface area (Å²) in [5, 5.41) is 0. The van der Waals surface area contributed by atoms with Gasteiger partial charge in [-0.2, -0.15) is 0 Å². The van der Waals surface area contributed by atoms with E-state index in [2.05, 4.69) is 48.9 Å². The summed E-state index contributed by atoms with van der Waals surface area (Å²) in [6.07, 6.45) is 5.32. The fourth-order valence-corrected chi connectivity index (χ4v) is 4.05. The second-order valence-corrected chi connectivity index (χ2v) is 7.48. The lowest BCUT2D eigenvalue weighted by atomic mass is 9.81. The number of aromatic nitrogens is 1. The van der Waals surface area contributed by atoms with Gasteiger partial charge in [-0.15, -0.1) is 0 Å². The number of carbonyl (C=O) groups is 1. The van der Waals surface area contributed by atoms with Crippen molar-refractivity contribution in [2.24, 2.45) is 0 Å². The molecule has 2 heterocycles. The molecule has 1 aliphatic carbocycles. The molecule has 1 spiro atoms.